The van der Waals surface area contributed by atoms with Crippen LogP contribution in [0.4, 0.5) is 4.39 Å². The second kappa shape index (κ2) is 6.38. The summed E-state index contributed by atoms with van der Waals surface area (Å²) in [7, 11) is 0. The third-order valence-electron chi connectivity index (χ3n) is 5.07. The Morgan fingerprint density at radius 2 is 1.52 bits per heavy atom. The maximum atomic E-state index is 13.0. The standard InChI is InChI=1S/C19H22FN3/c20-18-6-4-15(5-7-18)9-22-10-16-12-23(13-17(16)11-22)14-19-3-1-2-8-21-19/h1-8,16-17H,9-14H2. The lowest BCUT2D eigenvalue weighted by Crippen LogP contribution is -2.28. The number of nitrogens with zero attached hydrogens (tertiary/aromatic N) is 3. The monoisotopic (exact) mass is 311 g/mol. The Balaban J connectivity index is 1.30. The molecule has 0 radical (unpaired) electrons. The number of hydrogen-bond acceptors (Lipinski definition) is 3. The average Bonchev–Trinajstić information content (AvgIpc) is 3.08. The minimum atomic E-state index is -0.155. The van der Waals surface area contributed by atoms with E-state index < -0.39 is 0 Å². The molecule has 0 amide bonds. The Kier molecular flexibility index (Phi) is 4.10. The Morgan fingerprint density at radius 3 is 2.13 bits per heavy atom. The van der Waals surface area contributed by atoms with E-state index in [9.17, 15) is 4.39 Å². The Labute approximate surface area is 136 Å². The number of halogens is 1. The highest BCUT2D eigenvalue weighted by Crippen LogP contribution is 2.32. The summed E-state index contributed by atoms with van der Waals surface area (Å²) >= 11 is 0. The van der Waals surface area contributed by atoms with E-state index in [4.69, 9.17) is 0 Å². The molecule has 2 unspecified atom stereocenters. The number of aromatic nitrogens is 1. The molecule has 23 heavy (non-hydrogen) atoms. The minimum absolute atomic E-state index is 0.155. The van der Waals surface area contributed by atoms with Gasteiger partial charge < -0.3 is 0 Å². The van der Waals surface area contributed by atoms with Gasteiger partial charge in [-0.2, -0.15) is 0 Å². The molecule has 2 aliphatic heterocycles. The molecule has 2 fully saturated rings. The van der Waals surface area contributed by atoms with E-state index in [1.807, 2.05) is 24.4 Å². The van der Waals surface area contributed by atoms with Crippen LogP contribution in [-0.2, 0) is 13.1 Å². The summed E-state index contributed by atoms with van der Waals surface area (Å²) < 4.78 is 13.0. The van der Waals surface area contributed by atoms with Gasteiger partial charge in [0.1, 0.15) is 5.82 Å². The summed E-state index contributed by atoms with van der Waals surface area (Å²) in [5.74, 6) is 1.37. The van der Waals surface area contributed by atoms with Gasteiger partial charge in [-0.3, -0.25) is 14.8 Å². The van der Waals surface area contributed by atoms with Crippen molar-refractivity contribution in [2.45, 2.75) is 13.1 Å². The summed E-state index contributed by atoms with van der Waals surface area (Å²) in [5.41, 5.74) is 2.37. The number of fused-ring (bicyclic) bond motifs is 1. The fourth-order valence-corrected chi connectivity index (χ4v) is 4.01. The van der Waals surface area contributed by atoms with Crippen molar-refractivity contribution in [1.29, 1.82) is 0 Å². The summed E-state index contributed by atoms with van der Waals surface area (Å²) in [6, 6.07) is 13.0. The molecule has 0 N–H and O–H groups in total. The van der Waals surface area contributed by atoms with Crippen LogP contribution in [0.2, 0.25) is 0 Å². The van der Waals surface area contributed by atoms with Gasteiger partial charge in [-0.1, -0.05) is 18.2 Å². The molecule has 0 aliphatic carbocycles. The predicted octanol–water partition coefficient (Wildman–Crippen LogP) is 2.78. The van der Waals surface area contributed by atoms with E-state index in [0.29, 0.717) is 0 Å². The lowest BCUT2D eigenvalue weighted by Gasteiger charge is -2.21. The van der Waals surface area contributed by atoms with E-state index >= 15 is 0 Å². The third-order valence-corrected chi connectivity index (χ3v) is 5.07. The summed E-state index contributed by atoms with van der Waals surface area (Å²) in [5, 5.41) is 0. The van der Waals surface area contributed by atoms with Crippen molar-refractivity contribution in [3.8, 4) is 0 Å². The van der Waals surface area contributed by atoms with Gasteiger partial charge in [0.25, 0.3) is 0 Å². The lowest BCUT2D eigenvalue weighted by molar-refractivity contribution is 0.245. The molecule has 0 bridgehead atoms. The maximum Gasteiger partial charge on any atom is 0.123 e. The van der Waals surface area contributed by atoms with Gasteiger partial charge >= 0.3 is 0 Å². The van der Waals surface area contributed by atoms with Gasteiger partial charge in [0.2, 0.25) is 0 Å². The molecule has 2 aromatic rings. The Bertz CT molecular complexity index is 629. The van der Waals surface area contributed by atoms with Crippen LogP contribution in [0.1, 0.15) is 11.3 Å². The zero-order chi connectivity index (χ0) is 15.6. The maximum absolute atomic E-state index is 13.0. The first-order valence-corrected chi connectivity index (χ1v) is 8.35. The van der Waals surface area contributed by atoms with Crippen LogP contribution in [0.3, 0.4) is 0 Å². The number of likely N-dealkylation sites (tertiary alicyclic amines) is 2. The number of rotatable bonds is 4. The average molecular weight is 311 g/mol. The molecule has 4 rings (SSSR count). The molecule has 0 saturated carbocycles. The molecule has 3 heterocycles. The fraction of sp³-hybridized carbons (Fsp3) is 0.421. The molecular formula is C19H22FN3. The topological polar surface area (TPSA) is 19.4 Å². The molecular weight excluding hydrogens is 289 g/mol. The number of benzene rings is 1. The molecule has 2 aliphatic rings. The van der Waals surface area contributed by atoms with Gasteiger partial charge in [0.05, 0.1) is 5.69 Å². The first kappa shape index (κ1) is 14.8. The lowest BCUT2D eigenvalue weighted by atomic mass is 10.0. The van der Waals surface area contributed by atoms with Crippen LogP contribution in [0.15, 0.2) is 48.7 Å². The largest absolute Gasteiger partial charge is 0.298 e. The van der Waals surface area contributed by atoms with Crippen molar-refractivity contribution in [1.82, 2.24) is 14.8 Å². The predicted molar refractivity (Wildman–Crippen MR) is 88.2 cm³/mol. The summed E-state index contributed by atoms with van der Waals surface area (Å²) in [6.07, 6.45) is 1.87. The van der Waals surface area contributed by atoms with Crippen LogP contribution >= 0.6 is 0 Å². The van der Waals surface area contributed by atoms with Crippen LogP contribution in [-0.4, -0.2) is 41.0 Å². The van der Waals surface area contributed by atoms with Gasteiger partial charge in [-0.05, 0) is 41.7 Å². The highest BCUT2D eigenvalue weighted by molar-refractivity contribution is 5.16. The van der Waals surface area contributed by atoms with E-state index in [1.54, 1.807) is 12.1 Å². The van der Waals surface area contributed by atoms with Gasteiger partial charge in [0.15, 0.2) is 0 Å². The number of hydrogen-bond donors (Lipinski definition) is 0. The zero-order valence-corrected chi connectivity index (χ0v) is 13.2. The van der Waals surface area contributed by atoms with Crippen molar-refractivity contribution in [3.63, 3.8) is 0 Å². The van der Waals surface area contributed by atoms with Gasteiger partial charge in [-0.25, -0.2) is 4.39 Å². The Morgan fingerprint density at radius 1 is 0.870 bits per heavy atom. The first-order valence-electron chi connectivity index (χ1n) is 8.35. The van der Waals surface area contributed by atoms with E-state index in [2.05, 4.69) is 26.9 Å². The van der Waals surface area contributed by atoms with Crippen LogP contribution < -0.4 is 0 Å². The van der Waals surface area contributed by atoms with E-state index in [-0.39, 0.29) is 5.82 Å². The highest BCUT2D eigenvalue weighted by Gasteiger charge is 2.39. The van der Waals surface area contributed by atoms with Crippen LogP contribution in [0.5, 0.6) is 0 Å². The summed E-state index contributed by atoms with van der Waals surface area (Å²) in [4.78, 5) is 9.48. The molecule has 3 nitrogen and oxygen atoms in total. The highest BCUT2D eigenvalue weighted by atomic mass is 19.1. The third kappa shape index (κ3) is 3.43. The second-order valence-electron chi connectivity index (χ2n) is 6.86. The zero-order valence-electron chi connectivity index (χ0n) is 13.2. The second-order valence-corrected chi connectivity index (χ2v) is 6.86. The van der Waals surface area contributed by atoms with Crippen molar-refractivity contribution in [3.05, 3.63) is 65.7 Å². The van der Waals surface area contributed by atoms with Crippen LogP contribution in [0.25, 0.3) is 0 Å². The van der Waals surface area contributed by atoms with E-state index in [1.165, 1.54) is 18.7 Å². The summed E-state index contributed by atoms with van der Waals surface area (Å²) in [6.45, 7) is 6.54. The van der Waals surface area contributed by atoms with Gasteiger partial charge in [0, 0.05) is 45.5 Å². The SMILES string of the molecule is Fc1ccc(CN2CC3CN(Cc4ccccn4)CC3C2)cc1. The molecule has 120 valence electrons. The Hall–Kier alpha value is -1.78. The quantitative estimate of drug-likeness (QED) is 0.865. The molecule has 2 atom stereocenters. The fourth-order valence-electron chi connectivity index (χ4n) is 4.01. The van der Waals surface area contributed by atoms with Gasteiger partial charge in [-0.15, -0.1) is 0 Å². The first-order chi connectivity index (χ1) is 11.3. The molecule has 2 saturated heterocycles. The van der Waals surface area contributed by atoms with Crippen molar-refractivity contribution >= 4 is 0 Å². The smallest absolute Gasteiger partial charge is 0.123 e. The van der Waals surface area contributed by atoms with Crippen molar-refractivity contribution in [2.24, 2.45) is 11.8 Å². The minimum Gasteiger partial charge on any atom is -0.298 e. The van der Waals surface area contributed by atoms with E-state index in [0.717, 1.165) is 43.7 Å². The molecule has 1 aromatic heterocycles. The number of pyridine rings is 1. The normalized spacial score (nSPS) is 24.9. The molecule has 4 heteroatoms. The van der Waals surface area contributed by atoms with Crippen molar-refractivity contribution < 1.29 is 4.39 Å². The van der Waals surface area contributed by atoms with Crippen molar-refractivity contribution in [2.75, 3.05) is 26.2 Å². The molecule has 1 aromatic carbocycles. The molecule has 0 spiro atoms. The van der Waals surface area contributed by atoms with Crippen LogP contribution in [0, 0.1) is 17.7 Å².